The fourth-order valence-electron chi connectivity index (χ4n) is 1.29. The summed E-state index contributed by atoms with van der Waals surface area (Å²) in [6, 6.07) is 1.51. The standard InChI is InChI=1S/C9H9ClN4O2/c1-2-16-8(15)5-4-14-7(12-5)3-6(10)13-9(14)11/h3-4H,2H2,1H3,(H2,11,13). The number of nitrogens with two attached hydrogens (primary N) is 1. The number of rotatable bonds is 2. The van der Waals surface area contributed by atoms with Crippen molar-refractivity contribution in [1.82, 2.24) is 14.4 Å². The van der Waals surface area contributed by atoms with Gasteiger partial charge in [0.15, 0.2) is 5.69 Å². The Labute approximate surface area is 96.0 Å². The lowest BCUT2D eigenvalue weighted by molar-refractivity contribution is 0.0520. The van der Waals surface area contributed by atoms with Crippen LogP contribution in [0.2, 0.25) is 5.15 Å². The molecule has 0 aliphatic heterocycles. The zero-order chi connectivity index (χ0) is 11.7. The molecule has 0 radical (unpaired) electrons. The molecule has 2 heterocycles. The second-order valence-corrected chi connectivity index (χ2v) is 3.40. The predicted molar refractivity (Wildman–Crippen MR) is 58.4 cm³/mol. The molecule has 0 aliphatic rings. The number of halogens is 1. The van der Waals surface area contributed by atoms with Gasteiger partial charge in [-0.05, 0) is 6.92 Å². The van der Waals surface area contributed by atoms with Gasteiger partial charge in [-0.25, -0.2) is 14.8 Å². The molecule has 0 amide bonds. The topological polar surface area (TPSA) is 82.5 Å². The van der Waals surface area contributed by atoms with E-state index in [1.165, 1.54) is 16.7 Å². The summed E-state index contributed by atoms with van der Waals surface area (Å²) in [6.07, 6.45) is 1.46. The monoisotopic (exact) mass is 240 g/mol. The van der Waals surface area contributed by atoms with Crippen LogP contribution >= 0.6 is 11.6 Å². The molecule has 2 N–H and O–H groups in total. The molecule has 0 saturated heterocycles. The molecule has 2 aromatic rings. The van der Waals surface area contributed by atoms with Crippen LogP contribution in [0.15, 0.2) is 12.3 Å². The van der Waals surface area contributed by atoms with Gasteiger partial charge in [0, 0.05) is 12.3 Å². The summed E-state index contributed by atoms with van der Waals surface area (Å²) < 4.78 is 6.29. The summed E-state index contributed by atoms with van der Waals surface area (Å²) in [5.41, 5.74) is 6.26. The Balaban J connectivity index is 2.51. The molecule has 0 unspecified atom stereocenters. The molecule has 2 aromatic heterocycles. The predicted octanol–water partition coefficient (Wildman–Crippen LogP) is 1.14. The number of hydrogen-bond acceptors (Lipinski definition) is 5. The Morgan fingerprint density at radius 2 is 2.38 bits per heavy atom. The first-order chi connectivity index (χ1) is 7.61. The van der Waals surface area contributed by atoms with Crippen molar-refractivity contribution in [3.05, 3.63) is 23.1 Å². The summed E-state index contributed by atoms with van der Waals surface area (Å²) in [4.78, 5) is 19.3. The van der Waals surface area contributed by atoms with E-state index < -0.39 is 5.97 Å². The van der Waals surface area contributed by atoms with Gasteiger partial charge < -0.3 is 10.5 Å². The number of ether oxygens (including phenoxy) is 1. The Kier molecular flexibility index (Phi) is 2.66. The third-order valence-corrected chi connectivity index (χ3v) is 2.13. The summed E-state index contributed by atoms with van der Waals surface area (Å²) in [5, 5.41) is 0.228. The highest BCUT2D eigenvalue weighted by molar-refractivity contribution is 6.29. The van der Waals surface area contributed by atoms with Crippen molar-refractivity contribution in [2.24, 2.45) is 0 Å². The molecule has 0 bridgehead atoms. The first kappa shape index (κ1) is 10.7. The quantitative estimate of drug-likeness (QED) is 0.629. The molecule has 2 rings (SSSR count). The largest absolute Gasteiger partial charge is 0.461 e. The molecular formula is C9H9ClN4O2. The molecular weight excluding hydrogens is 232 g/mol. The molecule has 6 nitrogen and oxygen atoms in total. The summed E-state index contributed by atoms with van der Waals surface area (Å²) in [5.74, 6) is -0.327. The van der Waals surface area contributed by atoms with Crippen LogP contribution in [0.1, 0.15) is 17.4 Å². The van der Waals surface area contributed by atoms with Crippen LogP contribution in [-0.2, 0) is 4.74 Å². The number of imidazole rings is 1. The van der Waals surface area contributed by atoms with Gasteiger partial charge in [0.2, 0.25) is 5.95 Å². The molecule has 84 valence electrons. The lowest BCUT2D eigenvalue weighted by Gasteiger charge is -1.97. The number of nitrogen functional groups attached to an aromatic ring is 1. The maximum atomic E-state index is 11.4. The van der Waals surface area contributed by atoms with E-state index in [4.69, 9.17) is 22.1 Å². The number of anilines is 1. The Hall–Kier alpha value is -1.82. The number of fused-ring (bicyclic) bond motifs is 1. The number of carbonyl (C=O) groups is 1. The highest BCUT2D eigenvalue weighted by Crippen LogP contribution is 2.14. The van der Waals surface area contributed by atoms with Crippen LogP contribution < -0.4 is 5.73 Å². The minimum atomic E-state index is -0.498. The first-order valence-corrected chi connectivity index (χ1v) is 4.98. The fourth-order valence-corrected chi connectivity index (χ4v) is 1.47. The van der Waals surface area contributed by atoms with E-state index in [-0.39, 0.29) is 16.8 Å². The maximum Gasteiger partial charge on any atom is 0.358 e. The molecule has 16 heavy (non-hydrogen) atoms. The van der Waals surface area contributed by atoms with Gasteiger partial charge in [-0.15, -0.1) is 0 Å². The van der Waals surface area contributed by atoms with Crippen molar-refractivity contribution in [1.29, 1.82) is 0 Å². The van der Waals surface area contributed by atoms with E-state index in [1.54, 1.807) is 6.92 Å². The Bertz CT molecular complexity index is 552. The highest BCUT2D eigenvalue weighted by Gasteiger charge is 2.13. The van der Waals surface area contributed by atoms with Crippen molar-refractivity contribution < 1.29 is 9.53 Å². The van der Waals surface area contributed by atoms with Gasteiger partial charge in [0.05, 0.1) is 6.61 Å². The number of esters is 1. The lowest BCUT2D eigenvalue weighted by Crippen LogP contribution is -2.04. The first-order valence-electron chi connectivity index (χ1n) is 4.60. The van der Waals surface area contributed by atoms with E-state index in [1.807, 2.05) is 0 Å². The molecule has 0 fully saturated rings. The molecule has 0 aromatic carbocycles. The maximum absolute atomic E-state index is 11.4. The molecule has 0 spiro atoms. The number of hydrogen-bond donors (Lipinski definition) is 1. The second kappa shape index (κ2) is 3.97. The average Bonchev–Trinajstić information content (AvgIpc) is 2.62. The Morgan fingerprint density at radius 3 is 3.06 bits per heavy atom. The van der Waals surface area contributed by atoms with E-state index in [2.05, 4.69) is 9.97 Å². The third-order valence-electron chi connectivity index (χ3n) is 1.93. The zero-order valence-corrected chi connectivity index (χ0v) is 9.23. The zero-order valence-electron chi connectivity index (χ0n) is 8.48. The van der Waals surface area contributed by atoms with Crippen LogP contribution in [0, 0.1) is 0 Å². The highest BCUT2D eigenvalue weighted by atomic mass is 35.5. The molecule has 0 atom stereocenters. The summed E-state index contributed by atoms with van der Waals surface area (Å²) in [6.45, 7) is 2.02. The lowest BCUT2D eigenvalue weighted by atomic mass is 10.5. The number of carbonyl (C=O) groups excluding carboxylic acids is 1. The molecule has 0 saturated carbocycles. The second-order valence-electron chi connectivity index (χ2n) is 3.01. The normalized spacial score (nSPS) is 10.6. The minimum absolute atomic E-state index is 0.172. The van der Waals surface area contributed by atoms with E-state index in [9.17, 15) is 4.79 Å². The summed E-state index contributed by atoms with van der Waals surface area (Å²) in [7, 11) is 0. The van der Waals surface area contributed by atoms with E-state index in [0.29, 0.717) is 12.3 Å². The van der Waals surface area contributed by atoms with Gasteiger partial charge in [0.1, 0.15) is 10.8 Å². The van der Waals surface area contributed by atoms with Crippen LogP contribution in [0.25, 0.3) is 5.65 Å². The van der Waals surface area contributed by atoms with Crippen molar-refractivity contribution in [3.63, 3.8) is 0 Å². The fraction of sp³-hybridized carbons (Fsp3) is 0.222. The summed E-state index contributed by atoms with van der Waals surface area (Å²) >= 11 is 5.71. The smallest absolute Gasteiger partial charge is 0.358 e. The van der Waals surface area contributed by atoms with Gasteiger partial charge in [-0.1, -0.05) is 11.6 Å². The average molecular weight is 241 g/mol. The van der Waals surface area contributed by atoms with Crippen molar-refractivity contribution >= 4 is 29.2 Å². The van der Waals surface area contributed by atoms with Gasteiger partial charge in [-0.3, -0.25) is 4.40 Å². The van der Waals surface area contributed by atoms with E-state index >= 15 is 0 Å². The van der Waals surface area contributed by atoms with Gasteiger partial charge in [-0.2, -0.15) is 0 Å². The van der Waals surface area contributed by atoms with Crippen LogP contribution in [0.4, 0.5) is 5.95 Å². The van der Waals surface area contributed by atoms with Crippen LogP contribution in [0.3, 0.4) is 0 Å². The minimum Gasteiger partial charge on any atom is -0.461 e. The van der Waals surface area contributed by atoms with Crippen molar-refractivity contribution in [2.75, 3.05) is 12.3 Å². The number of nitrogens with zero attached hydrogens (tertiary/aromatic N) is 3. The van der Waals surface area contributed by atoms with Gasteiger partial charge in [0.25, 0.3) is 0 Å². The van der Waals surface area contributed by atoms with E-state index in [0.717, 1.165) is 0 Å². The van der Waals surface area contributed by atoms with Crippen LogP contribution in [0.5, 0.6) is 0 Å². The van der Waals surface area contributed by atoms with Crippen molar-refractivity contribution in [3.8, 4) is 0 Å². The molecule has 0 aliphatic carbocycles. The number of aromatic nitrogens is 3. The van der Waals surface area contributed by atoms with Gasteiger partial charge >= 0.3 is 5.97 Å². The Morgan fingerprint density at radius 1 is 1.62 bits per heavy atom. The van der Waals surface area contributed by atoms with Crippen LogP contribution in [-0.4, -0.2) is 26.9 Å². The SMILES string of the molecule is CCOC(=O)c1cn2c(N)nc(Cl)cc2n1. The van der Waals surface area contributed by atoms with Crippen molar-refractivity contribution in [2.45, 2.75) is 6.92 Å². The third kappa shape index (κ3) is 1.79. The molecule has 7 heteroatoms.